The summed E-state index contributed by atoms with van der Waals surface area (Å²) in [5, 5.41) is 2.74. The van der Waals surface area contributed by atoms with Crippen LogP contribution < -0.4 is 5.32 Å². The Labute approximate surface area is 152 Å². The first-order valence-corrected chi connectivity index (χ1v) is 9.17. The number of carbonyl (C=O) groups excluding carboxylic acids is 2. The molecule has 1 aliphatic carbocycles. The average molecular weight is 360 g/mol. The molecule has 1 fully saturated rings. The molecule has 5 nitrogen and oxygen atoms in total. The summed E-state index contributed by atoms with van der Waals surface area (Å²) in [7, 11) is 0. The van der Waals surface area contributed by atoms with Crippen molar-refractivity contribution in [1.82, 2.24) is 10.3 Å². The van der Waals surface area contributed by atoms with Crippen molar-refractivity contribution in [2.24, 2.45) is 0 Å². The summed E-state index contributed by atoms with van der Waals surface area (Å²) in [4.78, 5) is 29.1. The van der Waals surface area contributed by atoms with Gasteiger partial charge in [-0.05, 0) is 51.3 Å². The summed E-state index contributed by atoms with van der Waals surface area (Å²) < 4.78 is 4.76. The molecule has 0 atom stereocenters. The monoisotopic (exact) mass is 360 g/mol. The zero-order valence-electron chi connectivity index (χ0n) is 14.9. The molecule has 6 heteroatoms. The fraction of sp³-hybridized carbons (Fsp3) is 0.421. The predicted molar refractivity (Wildman–Crippen MR) is 100 cm³/mol. The van der Waals surface area contributed by atoms with Gasteiger partial charge in [0.2, 0.25) is 5.91 Å². The highest BCUT2D eigenvalue weighted by molar-refractivity contribution is 8.01. The maximum absolute atomic E-state index is 12.4. The van der Waals surface area contributed by atoms with E-state index >= 15 is 0 Å². The van der Waals surface area contributed by atoms with E-state index in [0.717, 1.165) is 35.4 Å². The molecule has 1 aromatic rings. The summed E-state index contributed by atoms with van der Waals surface area (Å²) in [5.41, 5.74) is 2.31. The van der Waals surface area contributed by atoms with Crippen LogP contribution in [0.5, 0.6) is 0 Å². The molecule has 1 amide bonds. The van der Waals surface area contributed by atoms with Crippen molar-refractivity contribution in [3.63, 3.8) is 0 Å². The maximum Gasteiger partial charge on any atom is 0.322 e. The molecule has 0 saturated heterocycles. The lowest BCUT2D eigenvalue weighted by atomic mass is 9.84. The van der Waals surface area contributed by atoms with Crippen LogP contribution in [0.2, 0.25) is 0 Å². The zero-order valence-corrected chi connectivity index (χ0v) is 15.7. The number of pyridine rings is 1. The molecule has 1 saturated carbocycles. The van der Waals surface area contributed by atoms with Crippen molar-refractivity contribution >= 4 is 29.7 Å². The highest BCUT2D eigenvalue weighted by Crippen LogP contribution is 2.49. The molecule has 1 aliphatic rings. The Balaban J connectivity index is 2.37. The molecule has 0 spiro atoms. The Morgan fingerprint density at radius 2 is 2.20 bits per heavy atom. The highest BCUT2D eigenvalue weighted by atomic mass is 32.2. The van der Waals surface area contributed by atoms with Crippen molar-refractivity contribution in [3.8, 4) is 0 Å². The molecule has 0 radical (unpaired) electrons. The van der Waals surface area contributed by atoms with Gasteiger partial charge in [-0.3, -0.25) is 14.6 Å². The van der Waals surface area contributed by atoms with Gasteiger partial charge in [0.25, 0.3) is 0 Å². The quantitative estimate of drug-likeness (QED) is 0.594. The number of nitrogens with zero attached hydrogens (tertiary/aromatic N) is 1. The van der Waals surface area contributed by atoms with Gasteiger partial charge in [0, 0.05) is 35.0 Å². The number of nitrogens with one attached hydrogen (secondary N) is 1. The largest absolute Gasteiger partial charge is 0.465 e. The van der Waals surface area contributed by atoms with Gasteiger partial charge in [-0.2, -0.15) is 0 Å². The molecular formula is C19H24N2O3S. The van der Waals surface area contributed by atoms with Crippen LogP contribution in [0.15, 0.2) is 35.5 Å². The third-order valence-electron chi connectivity index (χ3n) is 4.10. The molecule has 134 valence electrons. The minimum absolute atomic E-state index is 0.151. The third kappa shape index (κ3) is 4.51. The van der Waals surface area contributed by atoms with E-state index in [2.05, 4.69) is 16.9 Å². The molecule has 0 aliphatic heterocycles. The molecule has 1 heterocycles. The summed E-state index contributed by atoms with van der Waals surface area (Å²) in [6.45, 7) is 9.30. The molecular weight excluding hydrogens is 336 g/mol. The summed E-state index contributed by atoms with van der Waals surface area (Å²) in [6, 6.07) is 1.90. The number of aromatic nitrogens is 1. The average Bonchev–Trinajstić information content (AvgIpc) is 2.52. The lowest BCUT2D eigenvalue weighted by molar-refractivity contribution is -0.148. The predicted octanol–water partition coefficient (Wildman–Crippen LogP) is 3.63. The lowest BCUT2D eigenvalue weighted by Gasteiger charge is -2.38. The first kappa shape index (κ1) is 19.2. The van der Waals surface area contributed by atoms with Crippen LogP contribution in [0.25, 0.3) is 6.08 Å². The Hall–Kier alpha value is -2.08. The van der Waals surface area contributed by atoms with E-state index in [1.54, 1.807) is 12.3 Å². The third-order valence-corrected chi connectivity index (χ3v) is 5.65. The first-order chi connectivity index (χ1) is 11.9. The normalized spacial score (nSPS) is 15.9. The van der Waals surface area contributed by atoms with Gasteiger partial charge in [-0.25, -0.2) is 0 Å². The highest BCUT2D eigenvalue weighted by Gasteiger charge is 2.47. The van der Waals surface area contributed by atoms with Crippen LogP contribution in [-0.4, -0.2) is 28.2 Å². The van der Waals surface area contributed by atoms with E-state index in [4.69, 9.17) is 4.74 Å². The van der Waals surface area contributed by atoms with Crippen LogP contribution in [0.3, 0.4) is 0 Å². The number of amides is 1. The SMILES string of the molecule is C=C/C(=C\c1c(SC2(C(=O)OCC)CCC2)ccnc1C)NC(C)=O. The van der Waals surface area contributed by atoms with Crippen molar-refractivity contribution in [3.05, 3.63) is 41.9 Å². The summed E-state index contributed by atoms with van der Waals surface area (Å²) in [5.74, 6) is -0.315. The number of carbonyl (C=O) groups is 2. The molecule has 0 aromatic carbocycles. The Morgan fingerprint density at radius 1 is 1.48 bits per heavy atom. The van der Waals surface area contributed by atoms with Gasteiger partial charge in [0.15, 0.2) is 0 Å². The zero-order chi connectivity index (χ0) is 18.4. The minimum atomic E-state index is -0.519. The van der Waals surface area contributed by atoms with E-state index < -0.39 is 4.75 Å². The van der Waals surface area contributed by atoms with E-state index in [0.29, 0.717) is 12.3 Å². The molecule has 25 heavy (non-hydrogen) atoms. The lowest BCUT2D eigenvalue weighted by Crippen LogP contribution is -2.43. The van der Waals surface area contributed by atoms with Gasteiger partial charge in [-0.1, -0.05) is 6.58 Å². The van der Waals surface area contributed by atoms with E-state index in [1.165, 1.54) is 18.7 Å². The number of ether oxygens (including phenoxy) is 1. The summed E-state index contributed by atoms with van der Waals surface area (Å²) in [6.07, 6.45) is 7.80. The molecule has 0 unspecified atom stereocenters. The summed E-state index contributed by atoms with van der Waals surface area (Å²) >= 11 is 1.53. The van der Waals surface area contributed by atoms with Crippen molar-refractivity contribution < 1.29 is 14.3 Å². The second-order valence-electron chi connectivity index (χ2n) is 5.96. The number of thioether (sulfide) groups is 1. The second kappa shape index (κ2) is 8.34. The molecule has 1 aromatic heterocycles. The van der Waals surface area contributed by atoms with Gasteiger partial charge >= 0.3 is 5.97 Å². The Kier molecular flexibility index (Phi) is 6.42. The van der Waals surface area contributed by atoms with Gasteiger partial charge in [-0.15, -0.1) is 11.8 Å². The van der Waals surface area contributed by atoms with Gasteiger partial charge < -0.3 is 10.1 Å². The molecule has 0 bridgehead atoms. The van der Waals surface area contributed by atoms with Crippen LogP contribution in [0.1, 0.15) is 44.4 Å². The first-order valence-electron chi connectivity index (χ1n) is 8.35. The Morgan fingerprint density at radius 3 is 2.72 bits per heavy atom. The second-order valence-corrected chi connectivity index (χ2v) is 7.39. The van der Waals surface area contributed by atoms with Crippen LogP contribution in [0.4, 0.5) is 0 Å². The smallest absolute Gasteiger partial charge is 0.322 e. The number of rotatable bonds is 7. The fourth-order valence-corrected chi connectivity index (χ4v) is 4.14. The van der Waals surface area contributed by atoms with Gasteiger partial charge in [0.05, 0.1) is 6.61 Å². The fourth-order valence-electron chi connectivity index (χ4n) is 2.64. The maximum atomic E-state index is 12.4. The Bertz CT molecular complexity index is 709. The number of hydrogen-bond acceptors (Lipinski definition) is 5. The number of allylic oxidation sites excluding steroid dienone is 1. The number of hydrogen-bond donors (Lipinski definition) is 1. The van der Waals surface area contributed by atoms with E-state index in [9.17, 15) is 9.59 Å². The van der Waals surface area contributed by atoms with E-state index in [-0.39, 0.29) is 11.9 Å². The number of aryl methyl sites for hydroxylation is 1. The van der Waals surface area contributed by atoms with E-state index in [1.807, 2.05) is 26.0 Å². The number of esters is 1. The minimum Gasteiger partial charge on any atom is -0.465 e. The standard InChI is InChI=1S/C19H24N2O3S/c1-5-15(21-14(4)22)12-16-13(3)20-11-8-17(16)25-19(9-7-10-19)18(23)24-6-2/h5,8,11-12H,1,6-7,9-10H2,2-4H3,(H,21,22)/b15-12+. The topological polar surface area (TPSA) is 68.3 Å². The van der Waals surface area contributed by atoms with Crippen molar-refractivity contribution in [2.75, 3.05) is 6.61 Å². The van der Waals surface area contributed by atoms with Crippen LogP contribution in [0, 0.1) is 6.92 Å². The molecule has 1 N–H and O–H groups in total. The molecule has 2 rings (SSSR count). The van der Waals surface area contributed by atoms with Gasteiger partial charge in [0.1, 0.15) is 4.75 Å². The van der Waals surface area contributed by atoms with Crippen LogP contribution in [-0.2, 0) is 14.3 Å². The van der Waals surface area contributed by atoms with Crippen molar-refractivity contribution in [1.29, 1.82) is 0 Å². The van der Waals surface area contributed by atoms with Crippen LogP contribution >= 0.6 is 11.8 Å². The van der Waals surface area contributed by atoms with Crippen molar-refractivity contribution in [2.45, 2.75) is 49.7 Å².